The zero-order valence-corrected chi connectivity index (χ0v) is 15.4. The van der Waals surface area contributed by atoms with Crippen LogP contribution in [0.3, 0.4) is 0 Å². The summed E-state index contributed by atoms with van der Waals surface area (Å²) >= 11 is 0. The van der Waals surface area contributed by atoms with E-state index >= 15 is 0 Å². The van der Waals surface area contributed by atoms with E-state index in [0.29, 0.717) is 36.1 Å². The smallest absolute Gasteiger partial charge is 0.163 e. The van der Waals surface area contributed by atoms with Crippen LogP contribution in [0.2, 0.25) is 0 Å². The quantitative estimate of drug-likeness (QED) is 0.404. The van der Waals surface area contributed by atoms with E-state index in [2.05, 4.69) is 13.8 Å². The van der Waals surface area contributed by atoms with Crippen molar-refractivity contribution in [3.8, 4) is 11.5 Å². The van der Waals surface area contributed by atoms with Gasteiger partial charge < -0.3 is 20.9 Å². The van der Waals surface area contributed by atoms with Crippen molar-refractivity contribution in [1.82, 2.24) is 0 Å². The second kappa shape index (κ2) is 13.2. The maximum Gasteiger partial charge on any atom is 0.163 e. The Hall–Kier alpha value is -1.29. The van der Waals surface area contributed by atoms with Crippen LogP contribution in [0.15, 0.2) is 12.1 Å². The molecule has 0 aliphatic heterocycles. The van der Waals surface area contributed by atoms with Crippen LogP contribution >= 0.6 is 12.4 Å². The Morgan fingerprint density at radius 3 is 1.43 bits per heavy atom. The summed E-state index contributed by atoms with van der Waals surface area (Å²) < 4.78 is 11.7. The fourth-order valence-electron chi connectivity index (χ4n) is 2.24. The SMILES string of the molecule is CCCCCCOc1cc(N)c(N)cc1OCCCCCC.Cl. The predicted molar refractivity (Wildman–Crippen MR) is 102 cm³/mol. The van der Waals surface area contributed by atoms with E-state index in [0.717, 1.165) is 12.8 Å². The molecule has 0 unspecified atom stereocenters. The predicted octanol–water partition coefficient (Wildman–Crippen LogP) is 5.19. The molecular weight excluding hydrogens is 312 g/mol. The normalized spacial score (nSPS) is 10.2. The topological polar surface area (TPSA) is 70.5 Å². The first-order chi connectivity index (χ1) is 10.7. The van der Waals surface area contributed by atoms with Crippen LogP contribution in [0.25, 0.3) is 0 Å². The Morgan fingerprint density at radius 1 is 0.696 bits per heavy atom. The summed E-state index contributed by atoms with van der Waals surface area (Å²) in [6.45, 7) is 5.78. The van der Waals surface area contributed by atoms with Gasteiger partial charge in [-0.15, -0.1) is 12.4 Å². The van der Waals surface area contributed by atoms with Gasteiger partial charge in [-0.2, -0.15) is 0 Å². The number of halogens is 1. The molecular formula is C18H33ClN2O2. The molecule has 0 aliphatic carbocycles. The summed E-state index contributed by atoms with van der Waals surface area (Å²) in [7, 11) is 0. The van der Waals surface area contributed by atoms with E-state index in [1.54, 1.807) is 12.1 Å². The van der Waals surface area contributed by atoms with Crippen molar-refractivity contribution < 1.29 is 9.47 Å². The third-order valence-corrected chi connectivity index (χ3v) is 3.66. The van der Waals surface area contributed by atoms with E-state index in [9.17, 15) is 0 Å². The van der Waals surface area contributed by atoms with Crippen LogP contribution in [0.4, 0.5) is 11.4 Å². The molecule has 0 radical (unpaired) electrons. The summed E-state index contributed by atoms with van der Waals surface area (Å²) in [5.74, 6) is 1.41. The van der Waals surface area contributed by atoms with Crippen molar-refractivity contribution in [2.75, 3.05) is 24.7 Å². The number of unbranched alkanes of at least 4 members (excludes halogenated alkanes) is 6. The van der Waals surface area contributed by atoms with Crippen molar-refractivity contribution in [3.63, 3.8) is 0 Å². The maximum atomic E-state index is 5.88. The molecule has 4 nitrogen and oxygen atoms in total. The number of nitrogens with two attached hydrogens (primary N) is 2. The van der Waals surface area contributed by atoms with E-state index < -0.39 is 0 Å². The minimum absolute atomic E-state index is 0. The molecule has 0 aliphatic rings. The van der Waals surface area contributed by atoms with E-state index in [1.165, 1.54) is 38.5 Å². The van der Waals surface area contributed by atoms with Gasteiger partial charge in [0.15, 0.2) is 11.5 Å². The number of benzene rings is 1. The van der Waals surface area contributed by atoms with E-state index in [4.69, 9.17) is 20.9 Å². The number of ether oxygens (including phenoxy) is 2. The lowest BCUT2D eigenvalue weighted by Gasteiger charge is -2.15. The fraction of sp³-hybridized carbons (Fsp3) is 0.667. The maximum absolute atomic E-state index is 5.88. The molecule has 0 spiro atoms. The molecule has 23 heavy (non-hydrogen) atoms. The van der Waals surface area contributed by atoms with E-state index in [-0.39, 0.29) is 12.4 Å². The van der Waals surface area contributed by atoms with E-state index in [1.807, 2.05) is 0 Å². The van der Waals surface area contributed by atoms with Gasteiger partial charge in [0, 0.05) is 12.1 Å². The Bertz CT molecular complexity index is 389. The van der Waals surface area contributed by atoms with Gasteiger partial charge in [-0.3, -0.25) is 0 Å². The van der Waals surface area contributed by atoms with Crippen molar-refractivity contribution >= 4 is 23.8 Å². The number of anilines is 2. The molecule has 0 bridgehead atoms. The zero-order chi connectivity index (χ0) is 16.2. The average Bonchev–Trinajstić information content (AvgIpc) is 2.51. The van der Waals surface area contributed by atoms with Gasteiger partial charge in [-0.1, -0.05) is 52.4 Å². The van der Waals surface area contributed by atoms with Gasteiger partial charge in [0.25, 0.3) is 0 Å². The first-order valence-electron chi connectivity index (χ1n) is 8.63. The van der Waals surface area contributed by atoms with Crippen molar-refractivity contribution in [1.29, 1.82) is 0 Å². The van der Waals surface area contributed by atoms with Crippen molar-refractivity contribution in [2.45, 2.75) is 65.2 Å². The van der Waals surface area contributed by atoms with Gasteiger partial charge in [0.05, 0.1) is 24.6 Å². The molecule has 0 heterocycles. The molecule has 0 aromatic heterocycles. The van der Waals surface area contributed by atoms with Crippen LogP contribution in [-0.4, -0.2) is 13.2 Å². The molecule has 0 amide bonds. The first-order valence-corrected chi connectivity index (χ1v) is 8.63. The number of rotatable bonds is 12. The van der Waals surface area contributed by atoms with Crippen LogP contribution in [0, 0.1) is 0 Å². The fourth-order valence-corrected chi connectivity index (χ4v) is 2.24. The average molecular weight is 345 g/mol. The number of nitrogen functional groups attached to an aromatic ring is 2. The van der Waals surface area contributed by atoms with Crippen LogP contribution < -0.4 is 20.9 Å². The highest BCUT2D eigenvalue weighted by Crippen LogP contribution is 2.34. The largest absolute Gasteiger partial charge is 0.490 e. The zero-order valence-electron chi connectivity index (χ0n) is 14.6. The lowest BCUT2D eigenvalue weighted by Crippen LogP contribution is -2.05. The van der Waals surface area contributed by atoms with Crippen LogP contribution in [0.1, 0.15) is 65.2 Å². The minimum Gasteiger partial charge on any atom is -0.490 e. The van der Waals surface area contributed by atoms with Gasteiger partial charge in [-0.25, -0.2) is 0 Å². The Kier molecular flexibility index (Phi) is 12.4. The van der Waals surface area contributed by atoms with Gasteiger partial charge in [-0.05, 0) is 12.8 Å². The molecule has 134 valence electrons. The van der Waals surface area contributed by atoms with Crippen LogP contribution in [0.5, 0.6) is 11.5 Å². The number of hydrogen-bond acceptors (Lipinski definition) is 4. The summed E-state index contributed by atoms with van der Waals surface area (Å²) in [4.78, 5) is 0. The van der Waals surface area contributed by atoms with Gasteiger partial charge >= 0.3 is 0 Å². The molecule has 1 rings (SSSR count). The lowest BCUT2D eigenvalue weighted by molar-refractivity contribution is 0.259. The summed E-state index contributed by atoms with van der Waals surface area (Å²) in [6.07, 6.45) is 9.41. The highest BCUT2D eigenvalue weighted by Gasteiger charge is 2.09. The van der Waals surface area contributed by atoms with Crippen molar-refractivity contribution in [3.05, 3.63) is 12.1 Å². The highest BCUT2D eigenvalue weighted by molar-refractivity contribution is 5.85. The molecule has 0 saturated carbocycles. The summed E-state index contributed by atoms with van der Waals surface area (Å²) in [5, 5.41) is 0. The first kappa shape index (κ1) is 21.7. The molecule has 0 saturated heterocycles. The standard InChI is InChI=1S/C18H32N2O2.ClH/c1-3-5-7-9-11-21-17-13-15(19)16(20)14-18(17)22-12-10-8-6-4-2;/h13-14H,3-12,19-20H2,1-2H3;1H. The number of hydrogen-bond donors (Lipinski definition) is 2. The summed E-state index contributed by atoms with van der Waals surface area (Å²) in [5.41, 5.74) is 12.8. The Balaban J connectivity index is 0.00000484. The monoisotopic (exact) mass is 344 g/mol. The molecule has 0 fully saturated rings. The molecule has 4 N–H and O–H groups in total. The molecule has 5 heteroatoms. The lowest BCUT2D eigenvalue weighted by atomic mass is 10.2. The van der Waals surface area contributed by atoms with Gasteiger partial charge in [0.1, 0.15) is 0 Å². The third-order valence-electron chi connectivity index (χ3n) is 3.66. The molecule has 0 atom stereocenters. The minimum atomic E-state index is 0. The highest BCUT2D eigenvalue weighted by atomic mass is 35.5. The Morgan fingerprint density at radius 2 is 1.09 bits per heavy atom. The molecule has 1 aromatic carbocycles. The Labute approximate surface area is 147 Å². The van der Waals surface area contributed by atoms with Crippen molar-refractivity contribution in [2.24, 2.45) is 0 Å². The molecule has 1 aromatic rings. The second-order valence-corrected chi connectivity index (χ2v) is 5.75. The second-order valence-electron chi connectivity index (χ2n) is 5.75. The van der Waals surface area contributed by atoms with Gasteiger partial charge in [0.2, 0.25) is 0 Å². The van der Waals surface area contributed by atoms with Crippen LogP contribution in [-0.2, 0) is 0 Å². The summed E-state index contributed by atoms with van der Waals surface area (Å²) in [6, 6.07) is 3.55. The third kappa shape index (κ3) is 8.80.